The van der Waals surface area contributed by atoms with Crippen molar-refractivity contribution in [3.63, 3.8) is 0 Å². The molecule has 0 aromatic heterocycles. The predicted molar refractivity (Wildman–Crippen MR) is 85.3 cm³/mol. The Morgan fingerprint density at radius 2 is 1.78 bits per heavy atom. The Balaban J connectivity index is -0.000000274. The maximum atomic E-state index is 9.73. The van der Waals surface area contributed by atoms with Crippen molar-refractivity contribution in [2.45, 2.75) is 51.6 Å². The summed E-state index contributed by atoms with van der Waals surface area (Å²) in [6, 6.07) is -0.875. The molecule has 0 aromatic rings. The second-order valence-corrected chi connectivity index (χ2v) is 4.72. The van der Waals surface area contributed by atoms with Gasteiger partial charge in [0.25, 0.3) is 0 Å². The Kier molecular flexibility index (Phi) is 21.8. The molecule has 1 atom stereocenters. The number of nitrogens with two attached hydrogens (primary N) is 2. The zero-order valence-corrected chi connectivity index (χ0v) is 15.1. The van der Waals surface area contributed by atoms with E-state index in [4.69, 9.17) is 9.53 Å². The molecule has 0 aromatic carbocycles. The van der Waals surface area contributed by atoms with Gasteiger partial charge < -0.3 is 40.2 Å². The van der Waals surface area contributed by atoms with Gasteiger partial charge in [-0.3, -0.25) is 4.79 Å². The smallest absolute Gasteiger partial charge is 0.378 e. The summed E-state index contributed by atoms with van der Waals surface area (Å²) >= 11 is 0. The van der Waals surface area contributed by atoms with Crippen molar-refractivity contribution < 1.29 is 36.5 Å². The predicted octanol–water partition coefficient (Wildman–Crippen LogP) is 1.31. The molecule has 1 saturated heterocycles. The van der Waals surface area contributed by atoms with E-state index >= 15 is 0 Å². The molecule has 1 aliphatic carbocycles. The Hall–Kier alpha value is -1.23. The number of ether oxygens (including phenoxy) is 1. The van der Waals surface area contributed by atoms with Gasteiger partial charge in [-0.25, -0.2) is 4.79 Å². The van der Waals surface area contributed by atoms with Crippen molar-refractivity contribution in [2.75, 3.05) is 6.61 Å². The molecular weight excluding hydrogens is 338 g/mol. The van der Waals surface area contributed by atoms with Crippen LogP contribution in [0.2, 0.25) is 0 Å². The van der Waals surface area contributed by atoms with E-state index in [9.17, 15) is 9.59 Å². The summed E-state index contributed by atoms with van der Waals surface area (Å²) in [6.45, 7) is 8.85. The van der Waals surface area contributed by atoms with Crippen molar-refractivity contribution in [2.24, 2.45) is 17.4 Å². The van der Waals surface area contributed by atoms with Gasteiger partial charge >= 0.3 is 23.4 Å². The van der Waals surface area contributed by atoms with Crippen LogP contribution < -0.4 is 16.8 Å². The molecule has 2 rings (SSSR count). The topological polar surface area (TPSA) is 125 Å². The van der Waals surface area contributed by atoms with Crippen LogP contribution in [0.15, 0.2) is 0 Å². The minimum Gasteiger partial charge on any atom is -0.378 e. The van der Waals surface area contributed by atoms with Crippen LogP contribution in [0.4, 0.5) is 4.79 Å². The first-order chi connectivity index (χ1) is 10.5. The van der Waals surface area contributed by atoms with Gasteiger partial charge in [0.1, 0.15) is 0 Å². The van der Waals surface area contributed by atoms with Gasteiger partial charge in [-0.2, -0.15) is 6.92 Å². The van der Waals surface area contributed by atoms with Crippen molar-refractivity contribution in [3.05, 3.63) is 13.8 Å². The van der Waals surface area contributed by atoms with Crippen LogP contribution in [-0.2, 0) is 31.7 Å². The van der Waals surface area contributed by atoms with Gasteiger partial charge in [-0.05, 0) is 31.6 Å². The monoisotopic (exact) mass is 367 g/mol. The van der Waals surface area contributed by atoms with E-state index in [-0.39, 0.29) is 23.8 Å². The fourth-order valence-electron chi connectivity index (χ4n) is 1.86. The molecule has 0 spiro atoms. The van der Waals surface area contributed by atoms with E-state index in [1.165, 1.54) is 38.5 Å². The zero-order valence-electron chi connectivity index (χ0n) is 13.8. The molecule has 8 heteroatoms. The molecule has 23 heavy (non-hydrogen) atoms. The van der Waals surface area contributed by atoms with Gasteiger partial charge in [0.15, 0.2) is 0 Å². The summed E-state index contributed by atoms with van der Waals surface area (Å²) < 4.78 is 5.63. The number of primary amides is 2. The number of hydrogen-bond acceptors (Lipinski definition) is 4. The molecule has 2 fully saturated rings. The Morgan fingerprint density at radius 3 is 2.04 bits per heavy atom. The first kappa shape index (κ1) is 26.7. The molecule has 0 bridgehead atoms. The summed E-state index contributed by atoms with van der Waals surface area (Å²) in [5, 5.41) is 1.69. The van der Waals surface area contributed by atoms with Crippen LogP contribution in [0.25, 0.3) is 0 Å². The molecule has 0 radical (unpaired) electrons. The number of carbonyl (C=O) groups excluding carboxylic acids is 3. The van der Waals surface area contributed by atoms with Crippen LogP contribution in [-0.4, -0.2) is 31.1 Å². The number of hydrogen-bond donors (Lipinski definition) is 3. The van der Waals surface area contributed by atoms with E-state index in [2.05, 4.69) is 25.3 Å². The number of rotatable bonds is 2. The molecule has 2 aliphatic rings. The normalized spacial score (nSPS) is 17.9. The Labute approximate surface area is 150 Å². The Bertz CT molecular complexity index is 295. The second kappa shape index (κ2) is 18.8. The summed E-state index contributed by atoms with van der Waals surface area (Å²) in [7, 11) is 0. The molecule has 4 amide bonds. The molecule has 5 N–H and O–H groups in total. The summed E-state index contributed by atoms with van der Waals surface area (Å²) in [6.07, 6.45) is 9.22. The van der Waals surface area contributed by atoms with Crippen molar-refractivity contribution in [1.29, 1.82) is 0 Å². The molecule has 134 valence electrons. The molecule has 1 heterocycles. The van der Waals surface area contributed by atoms with Crippen LogP contribution in [0.1, 0.15) is 45.4 Å². The van der Waals surface area contributed by atoms with E-state index < -0.39 is 11.9 Å². The van der Waals surface area contributed by atoms with E-state index in [0.29, 0.717) is 6.10 Å². The standard InChI is InChI=1S/C9H16O.C3H5N2O2.C2H5.CH3NO.Cr/c1-2-6-10-9(3-1)7-8-4-5-8;1-2(6)5-3(4)7;1-2;2-1-3;/h8-9H,1-7H2;1H2,(H3,4,5,6,7);1H2,2H3;1H,(H2,2,3);/q;2*-1;;+2. The maximum Gasteiger partial charge on any atom is 2.00 e. The zero-order chi connectivity index (χ0) is 17.4. The second-order valence-electron chi connectivity index (χ2n) is 4.72. The maximum absolute atomic E-state index is 9.73. The van der Waals surface area contributed by atoms with E-state index in [1.54, 1.807) is 12.2 Å². The number of imide groups is 1. The number of nitrogens with one attached hydrogen (secondary N) is 1. The first-order valence-corrected chi connectivity index (χ1v) is 7.39. The largest absolute Gasteiger partial charge is 2.00 e. The molecular formula is C15H29CrN3O4. The van der Waals surface area contributed by atoms with Crippen molar-refractivity contribution >= 4 is 18.3 Å². The summed E-state index contributed by atoms with van der Waals surface area (Å²) in [4.78, 5) is 28.0. The van der Waals surface area contributed by atoms with Crippen molar-refractivity contribution in [3.8, 4) is 0 Å². The van der Waals surface area contributed by atoms with Crippen molar-refractivity contribution in [1.82, 2.24) is 5.32 Å². The number of urea groups is 1. The minimum absolute atomic E-state index is 0. The third-order valence-electron chi connectivity index (χ3n) is 2.83. The van der Waals surface area contributed by atoms with E-state index in [1.807, 2.05) is 0 Å². The van der Waals surface area contributed by atoms with E-state index in [0.717, 1.165) is 12.5 Å². The van der Waals surface area contributed by atoms with Crippen LogP contribution in [0.5, 0.6) is 0 Å². The first-order valence-electron chi connectivity index (χ1n) is 7.39. The van der Waals surface area contributed by atoms with Gasteiger partial charge in [-0.1, -0.05) is 12.8 Å². The van der Waals surface area contributed by atoms with Gasteiger partial charge in [-0.15, -0.1) is 0 Å². The molecule has 1 aliphatic heterocycles. The number of amides is 4. The number of carbonyl (C=O) groups is 3. The van der Waals surface area contributed by atoms with Gasteiger partial charge in [0, 0.05) is 6.61 Å². The quantitative estimate of drug-likeness (QED) is 0.503. The SMILES string of the molecule is C1CCC(CC2CC2)OC1.NC=O.[CH2-]C.[CH2-]C(=O)NC(N)=O.[Cr+2]. The average Bonchev–Trinajstić information content (AvgIpc) is 3.26. The van der Waals surface area contributed by atoms with Crippen LogP contribution >= 0.6 is 0 Å². The van der Waals surface area contributed by atoms with Crippen LogP contribution in [0.3, 0.4) is 0 Å². The summed E-state index contributed by atoms with van der Waals surface area (Å²) in [5.41, 5.74) is 8.65. The van der Waals surface area contributed by atoms with Gasteiger partial charge in [0.05, 0.1) is 12.0 Å². The fraction of sp³-hybridized carbons (Fsp3) is 0.667. The molecule has 1 saturated carbocycles. The fourth-order valence-corrected chi connectivity index (χ4v) is 1.86. The third kappa shape index (κ3) is 23.2. The summed E-state index contributed by atoms with van der Waals surface area (Å²) in [5.74, 6) is 0.357. The molecule has 1 unspecified atom stereocenters. The van der Waals surface area contributed by atoms with Gasteiger partial charge in [0.2, 0.25) is 6.41 Å². The van der Waals surface area contributed by atoms with Crippen LogP contribution in [0, 0.1) is 19.8 Å². The third-order valence-corrected chi connectivity index (χ3v) is 2.83. The average molecular weight is 367 g/mol. The molecule has 7 nitrogen and oxygen atoms in total. The Morgan fingerprint density at radius 1 is 1.26 bits per heavy atom. The minimum atomic E-state index is -0.875.